The highest BCUT2D eigenvalue weighted by molar-refractivity contribution is 9.10. The molecular weight excluding hydrogens is 354 g/mol. The van der Waals surface area contributed by atoms with Crippen molar-refractivity contribution in [2.75, 3.05) is 0 Å². The highest BCUT2D eigenvalue weighted by Crippen LogP contribution is 2.24. The number of nitrogens with two attached hydrogens (primary N) is 1. The van der Waals surface area contributed by atoms with Crippen molar-refractivity contribution in [3.05, 3.63) is 58.3 Å². The van der Waals surface area contributed by atoms with E-state index < -0.39 is 16.1 Å². The van der Waals surface area contributed by atoms with Gasteiger partial charge in [0.2, 0.25) is 10.0 Å². The first-order chi connectivity index (χ1) is 9.94. The average Bonchev–Trinajstić information content (AvgIpc) is 2.48. The molecule has 0 aliphatic carbocycles. The number of benzene rings is 1. The fourth-order valence-electron chi connectivity index (χ4n) is 1.87. The molecule has 21 heavy (non-hydrogen) atoms. The first-order valence-corrected chi connectivity index (χ1v) is 8.63. The molecule has 5 nitrogen and oxygen atoms in total. The standard InChI is InChI=1S/C14H16BrN3O2S/c1-10(13-4-2-3-7-17-13)18-21(19,20)14-8-11(9-16)5-6-12(14)15/h2-8,10,18H,9,16H2,1H3. The van der Waals surface area contributed by atoms with Crippen molar-refractivity contribution in [3.8, 4) is 0 Å². The van der Waals surface area contributed by atoms with Crippen LogP contribution in [0, 0.1) is 0 Å². The normalized spacial score (nSPS) is 13.1. The Labute approximate surface area is 132 Å². The first-order valence-electron chi connectivity index (χ1n) is 6.36. The molecule has 0 saturated carbocycles. The topological polar surface area (TPSA) is 85.1 Å². The van der Waals surface area contributed by atoms with Gasteiger partial charge in [0.1, 0.15) is 0 Å². The fourth-order valence-corrected chi connectivity index (χ4v) is 4.10. The van der Waals surface area contributed by atoms with Gasteiger partial charge in [-0.2, -0.15) is 0 Å². The summed E-state index contributed by atoms with van der Waals surface area (Å²) in [5, 5.41) is 0. The number of halogens is 1. The van der Waals surface area contributed by atoms with Gasteiger partial charge in [-0.3, -0.25) is 4.98 Å². The Morgan fingerprint density at radius 3 is 2.71 bits per heavy atom. The Morgan fingerprint density at radius 1 is 1.33 bits per heavy atom. The summed E-state index contributed by atoms with van der Waals surface area (Å²) in [6, 6.07) is 9.98. The summed E-state index contributed by atoms with van der Waals surface area (Å²) in [5.74, 6) is 0. The number of aromatic nitrogens is 1. The lowest BCUT2D eigenvalue weighted by Gasteiger charge is -2.15. The Bertz CT molecular complexity index is 720. The molecule has 2 aromatic rings. The third-order valence-corrected chi connectivity index (χ3v) is 5.52. The van der Waals surface area contributed by atoms with Gasteiger partial charge in [-0.25, -0.2) is 13.1 Å². The Balaban J connectivity index is 2.30. The third-order valence-electron chi connectivity index (χ3n) is 2.98. The molecule has 3 N–H and O–H groups in total. The molecule has 1 aromatic heterocycles. The van der Waals surface area contributed by atoms with Gasteiger partial charge in [-0.05, 0) is 52.7 Å². The van der Waals surface area contributed by atoms with E-state index in [1.165, 1.54) is 0 Å². The number of sulfonamides is 1. The van der Waals surface area contributed by atoms with E-state index in [4.69, 9.17) is 5.73 Å². The number of nitrogens with zero attached hydrogens (tertiary/aromatic N) is 1. The van der Waals surface area contributed by atoms with Gasteiger partial charge in [0.25, 0.3) is 0 Å². The van der Waals surface area contributed by atoms with Crippen LogP contribution in [-0.4, -0.2) is 13.4 Å². The molecule has 112 valence electrons. The molecule has 1 aromatic carbocycles. The van der Waals surface area contributed by atoms with Gasteiger partial charge in [-0.1, -0.05) is 12.1 Å². The smallest absolute Gasteiger partial charge is 0.242 e. The zero-order chi connectivity index (χ0) is 15.5. The predicted octanol–water partition coefficient (Wildman–Crippen LogP) is 2.34. The van der Waals surface area contributed by atoms with Gasteiger partial charge in [0.05, 0.1) is 16.6 Å². The highest BCUT2D eigenvalue weighted by Gasteiger charge is 2.21. The number of nitrogens with one attached hydrogen (secondary N) is 1. The van der Waals surface area contributed by atoms with Crippen LogP contribution in [0.4, 0.5) is 0 Å². The molecule has 0 spiro atoms. The summed E-state index contributed by atoms with van der Waals surface area (Å²) in [5.41, 5.74) is 6.98. The van der Waals surface area contributed by atoms with Gasteiger partial charge in [0.15, 0.2) is 0 Å². The summed E-state index contributed by atoms with van der Waals surface area (Å²) in [4.78, 5) is 4.33. The minimum Gasteiger partial charge on any atom is -0.326 e. The lowest BCUT2D eigenvalue weighted by atomic mass is 10.2. The minimum absolute atomic E-state index is 0.174. The molecule has 0 amide bonds. The van der Waals surface area contributed by atoms with E-state index in [2.05, 4.69) is 25.6 Å². The minimum atomic E-state index is -3.66. The molecule has 0 aliphatic rings. The average molecular weight is 370 g/mol. The lowest BCUT2D eigenvalue weighted by Crippen LogP contribution is -2.27. The maximum Gasteiger partial charge on any atom is 0.242 e. The van der Waals surface area contributed by atoms with E-state index >= 15 is 0 Å². The van der Waals surface area contributed by atoms with Crippen LogP contribution in [0.15, 0.2) is 52.0 Å². The Morgan fingerprint density at radius 2 is 2.10 bits per heavy atom. The molecule has 1 unspecified atom stereocenters. The van der Waals surface area contributed by atoms with Crippen LogP contribution < -0.4 is 10.5 Å². The van der Waals surface area contributed by atoms with Gasteiger partial charge >= 0.3 is 0 Å². The van der Waals surface area contributed by atoms with Crippen molar-refractivity contribution in [3.63, 3.8) is 0 Å². The molecular formula is C14H16BrN3O2S. The fraction of sp³-hybridized carbons (Fsp3) is 0.214. The SMILES string of the molecule is CC(NS(=O)(=O)c1cc(CN)ccc1Br)c1ccccn1. The number of hydrogen-bond donors (Lipinski definition) is 2. The summed E-state index contributed by atoms with van der Waals surface area (Å²) in [6.07, 6.45) is 1.63. The van der Waals surface area contributed by atoms with Crippen LogP contribution in [0.25, 0.3) is 0 Å². The summed E-state index contributed by atoms with van der Waals surface area (Å²) >= 11 is 3.27. The third kappa shape index (κ3) is 3.88. The van der Waals surface area contributed by atoms with E-state index in [1.54, 1.807) is 43.5 Å². The van der Waals surface area contributed by atoms with E-state index in [0.717, 1.165) is 5.56 Å². The first kappa shape index (κ1) is 16.1. The van der Waals surface area contributed by atoms with Gasteiger partial charge in [0, 0.05) is 17.2 Å². The number of hydrogen-bond acceptors (Lipinski definition) is 4. The van der Waals surface area contributed by atoms with Crippen LogP contribution in [0.3, 0.4) is 0 Å². The van der Waals surface area contributed by atoms with Crippen molar-refractivity contribution >= 4 is 26.0 Å². The van der Waals surface area contributed by atoms with Crippen LogP contribution in [0.1, 0.15) is 24.2 Å². The molecule has 7 heteroatoms. The molecule has 0 saturated heterocycles. The Kier molecular flexibility index (Phi) is 5.10. The van der Waals surface area contributed by atoms with Gasteiger partial charge in [-0.15, -0.1) is 0 Å². The quantitative estimate of drug-likeness (QED) is 0.846. The number of rotatable bonds is 5. The number of pyridine rings is 1. The Hall–Kier alpha value is -1.28. The van der Waals surface area contributed by atoms with Crippen molar-refractivity contribution in [1.29, 1.82) is 0 Å². The van der Waals surface area contributed by atoms with Crippen LogP contribution in [-0.2, 0) is 16.6 Å². The van der Waals surface area contributed by atoms with E-state index in [0.29, 0.717) is 10.2 Å². The van der Waals surface area contributed by atoms with Crippen molar-refractivity contribution < 1.29 is 8.42 Å². The predicted molar refractivity (Wildman–Crippen MR) is 85.0 cm³/mol. The summed E-state index contributed by atoms with van der Waals surface area (Å²) in [7, 11) is -3.66. The maximum atomic E-state index is 12.5. The van der Waals surface area contributed by atoms with Crippen LogP contribution in [0.2, 0.25) is 0 Å². The van der Waals surface area contributed by atoms with E-state index in [9.17, 15) is 8.42 Å². The van der Waals surface area contributed by atoms with Crippen molar-refractivity contribution in [2.24, 2.45) is 5.73 Å². The van der Waals surface area contributed by atoms with Crippen LogP contribution in [0.5, 0.6) is 0 Å². The van der Waals surface area contributed by atoms with Crippen molar-refractivity contribution in [1.82, 2.24) is 9.71 Å². The molecule has 1 heterocycles. The molecule has 0 bridgehead atoms. The zero-order valence-corrected chi connectivity index (χ0v) is 13.9. The molecule has 1 atom stereocenters. The van der Waals surface area contributed by atoms with Gasteiger partial charge < -0.3 is 5.73 Å². The van der Waals surface area contributed by atoms with Crippen molar-refractivity contribution in [2.45, 2.75) is 24.4 Å². The second-order valence-corrected chi connectivity index (χ2v) is 7.10. The van der Waals surface area contributed by atoms with E-state index in [1.807, 2.05) is 6.07 Å². The summed E-state index contributed by atoms with van der Waals surface area (Å²) in [6.45, 7) is 2.03. The second kappa shape index (κ2) is 6.65. The molecule has 0 radical (unpaired) electrons. The summed E-state index contributed by atoms with van der Waals surface area (Å²) < 4.78 is 28.1. The highest BCUT2D eigenvalue weighted by atomic mass is 79.9. The molecule has 0 aliphatic heterocycles. The second-order valence-electron chi connectivity index (χ2n) is 4.57. The largest absolute Gasteiger partial charge is 0.326 e. The molecule has 0 fully saturated rings. The zero-order valence-electron chi connectivity index (χ0n) is 11.5. The monoisotopic (exact) mass is 369 g/mol. The van der Waals surface area contributed by atoms with Crippen LogP contribution >= 0.6 is 15.9 Å². The molecule has 2 rings (SSSR count). The van der Waals surface area contributed by atoms with E-state index in [-0.39, 0.29) is 11.4 Å². The lowest BCUT2D eigenvalue weighted by molar-refractivity contribution is 0.563. The maximum absolute atomic E-state index is 12.5.